The van der Waals surface area contributed by atoms with E-state index in [9.17, 15) is 34.2 Å². The molecule has 4 fully saturated rings. The Morgan fingerprint density at radius 3 is 2.39 bits per heavy atom. The topological polar surface area (TPSA) is 234 Å². The highest BCUT2D eigenvalue weighted by atomic mass is 16.5. The monoisotopic (exact) mass is 756 g/mol. The second-order valence-electron chi connectivity index (χ2n) is 16.8. The zero-order chi connectivity index (χ0) is 39.3. The first-order valence-electron chi connectivity index (χ1n) is 19.8. The largest absolute Gasteiger partial charge is 0.480 e. The maximum Gasteiger partial charge on any atom is 0.335 e. The maximum atomic E-state index is 12.9. The molecule has 1 heterocycles. The fourth-order valence-corrected chi connectivity index (χ4v) is 10.9. The number of carbonyl (C=O) groups is 4. The molecule has 0 bridgehead atoms. The van der Waals surface area contributed by atoms with Crippen LogP contribution in [0.5, 0.6) is 0 Å². The molecule has 4 aliphatic rings. The lowest BCUT2D eigenvalue weighted by molar-refractivity contribution is -0.207. The SMILES string of the molecule is CC(=O)O[C@H]1C[C@]2(O)[C@@H]3CC[C@@H]4C[C@@H](OC(=O)CCCCCCC(=O)N[C@@H](CCCN=C(N)N)C(=O)O)CC[C@]4(C)[C@H]3CC[C@]2(C)[C@H]1c1ccc(=O)oc1. The van der Waals surface area contributed by atoms with Crippen LogP contribution in [0.4, 0.5) is 0 Å². The van der Waals surface area contributed by atoms with Crippen molar-refractivity contribution in [1.29, 1.82) is 0 Å². The summed E-state index contributed by atoms with van der Waals surface area (Å²) < 4.78 is 17.1. The van der Waals surface area contributed by atoms with E-state index >= 15 is 0 Å². The van der Waals surface area contributed by atoms with Gasteiger partial charge in [-0.05, 0) is 105 Å². The summed E-state index contributed by atoms with van der Waals surface area (Å²) in [6, 6.07) is 2.13. The lowest BCUT2D eigenvalue weighted by Crippen LogP contribution is -2.62. The highest BCUT2D eigenvalue weighted by molar-refractivity contribution is 5.83. The van der Waals surface area contributed by atoms with Crippen LogP contribution in [0.1, 0.15) is 135 Å². The molecule has 300 valence electrons. The van der Waals surface area contributed by atoms with Crippen molar-refractivity contribution >= 4 is 29.8 Å². The lowest BCUT2D eigenvalue weighted by atomic mass is 9.43. The van der Waals surface area contributed by atoms with Crippen LogP contribution < -0.4 is 22.4 Å². The molecule has 1 amide bonds. The predicted molar refractivity (Wildman–Crippen MR) is 199 cm³/mol. The molecule has 0 radical (unpaired) electrons. The average Bonchev–Trinajstić information content (AvgIpc) is 3.33. The summed E-state index contributed by atoms with van der Waals surface area (Å²) in [6.07, 6.45) is 11.0. The number of rotatable bonds is 16. The van der Waals surface area contributed by atoms with E-state index in [2.05, 4.69) is 24.2 Å². The number of aliphatic imine (C=N–C) groups is 1. The molecule has 0 aromatic carbocycles. The Bertz CT molecular complexity index is 1590. The van der Waals surface area contributed by atoms with E-state index in [1.54, 1.807) is 6.07 Å². The number of unbranched alkanes of at least 4 members (excludes halogenated alkanes) is 3. The number of aliphatic hydroxyl groups is 1. The Morgan fingerprint density at radius 1 is 0.981 bits per heavy atom. The number of carboxylic acid groups (broad SMARTS) is 1. The molecule has 14 heteroatoms. The van der Waals surface area contributed by atoms with Crippen LogP contribution in [0, 0.1) is 28.6 Å². The molecule has 0 aliphatic heterocycles. The van der Waals surface area contributed by atoms with Gasteiger partial charge in [-0.2, -0.15) is 0 Å². The minimum atomic E-state index is -1.10. The van der Waals surface area contributed by atoms with Crippen molar-refractivity contribution in [3.8, 4) is 0 Å². The fraction of sp³-hybridized carbons (Fsp3) is 0.750. The summed E-state index contributed by atoms with van der Waals surface area (Å²) in [5.41, 5.74) is 9.24. The number of esters is 2. The summed E-state index contributed by atoms with van der Waals surface area (Å²) in [5, 5.41) is 24.7. The van der Waals surface area contributed by atoms with Crippen LogP contribution in [0.2, 0.25) is 0 Å². The molecule has 7 N–H and O–H groups in total. The van der Waals surface area contributed by atoms with Crippen LogP contribution in [0.3, 0.4) is 0 Å². The molecular formula is C40H60N4O10. The van der Waals surface area contributed by atoms with E-state index in [0.29, 0.717) is 44.6 Å². The van der Waals surface area contributed by atoms with Crippen molar-refractivity contribution in [2.24, 2.45) is 45.0 Å². The number of amides is 1. The molecular weight excluding hydrogens is 696 g/mol. The van der Waals surface area contributed by atoms with Gasteiger partial charge < -0.3 is 40.9 Å². The molecule has 4 saturated carbocycles. The third-order valence-electron chi connectivity index (χ3n) is 13.6. The molecule has 0 saturated heterocycles. The van der Waals surface area contributed by atoms with Gasteiger partial charge in [0.15, 0.2) is 5.96 Å². The second kappa shape index (κ2) is 17.2. The van der Waals surface area contributed by atoms with Crippen molar-refractivity contribution < 1.29 is 43.3 Å². The lowest BCUT2D eigenvalue weighted by Gasteiger charge is -2.63. The van der Waals surface area contributed by atoms with Gasteiger partial charge in [-0.15, -0.1) is 0 Å². The smallest absolute Gasteiger partial charge is 0.335 e. The molecule has 0 unspecified atom stereocenters. The Hall–Kier alpha value is -3.94. The quantitative estimate of drug-likeness (QED) is 0.0688. The number of ether oxygens (including phenoxy) is 2. The van der Waals surface area contributed by atoms with E-state index in [0.717, 1.165) is 63.4 Å². The first-order chi connectivity index (χ1) is 25.6. The Balaban J connectivity index is 1.07. The third-order valence-corrected chi connectivity index (χ3v) is 13.6. The van der Waals surface area contributed by atoms with Crippen molar-refractivity contribution in [3.05, 3.63) is 34.4 Å². The zero-order valence-corrected chi connectivity index (χ0v) is 32.1. The Labute approximate surface area is 317 Å². The van der Waals surface area contributed by atoms with Crippen molar-refractivity contribution in [3.63, 3.8) is 0 Å². The number of hydrogen-bond donors (Lipinski definition) is 5. The molecule has 54 heavy (non-hydrogen) atoms. The molecule has 0 spiro atoms. The van der Waals surface area contributed by atoms with Gasteiger partial charge in [0.25, 0.3) is 0 Å². The van der Waals surface area contributed by atoms with Gasteiger partial charge in [0.05, 0.1) is 11.9 Å². The van der Waals surface area contributed by atoms with E-state index in [4.69, 9.17) is 25.4 Å². The van der Waals surface area contributed by atoms with Gasteiger partial charge in [0.1, 0.15) is 18.2 Å². The van der Waals surface area contributed by atoms with Crippen LogP contribution in [0.25, 0.3) is 0 Å². The first kappa shape index (κ1) is 41.2. The maximum absolute atomic E-state index is 12.9. The van der Waals surface area contributed by atoms with E-state index in [1.807, 2.05) is 0 Å². The van der Waals surface area contributed by atoms with Gasteiger partial charge in [-0.1, -0.05) is 26.7 Å². The average molecular weight is 757 g/mol. The molecule has 1 aromatic heterocycles. The number of carbonyl (C=O) groups excluding carboxylic acids is 3. The highest BCUT2D eigenvalue weighted by Crippen LogP contribution is 2.71. The second-order valence-corrected chi connectivity index (χ2v) is 16.8. The molecule has 5 rings (SSSR count). The number of nitrogens with two attached hydrogens (primary N) is 2. The van der Waals surface area contributed by atoms with E-state index in [-0.39, 0.29) is 60.0 Å². The first-order valence-corrected chi connectivity index (χ1v) is 19.8. The summed E-state index contributed by atoms with van der Waals surface area (Å²) in [7, 11) is 0. The Kier molecular flexibility index (Phi) is 13.2. The number of nitrogens with one attached hydrogen (secondary N) is 1. The number of nitrogens with zero attached hydrogens (tertiary/aromatic N) is 1. The van der Waals surface area contributed by atoms with Crippen LogP contribution in [-0.2, 0) is 28.7 Å². The molecule has 14 nitrogen and oxygen atoms in total. The summed E-state index contributed by atoms with van der Waals surface area (Å²) in [6.45, 7) is 6.16. The van der Waals surface area contributed by atoms with Gasteiger partial charge in [0, 0.05) is 50.1 Å². The van der Waals surface area contributed by atoms with Gasteiger partial charge in [-0.3, -0.25) is 19.4 Å². The zero-order valence-electron chi connectivity index (χ0n) is 32.1. The molecule has 10 atom stereocenters. The van der Waals surface area contributed by atoms with Gasteiger partial charge >= 0.3 is 23.5 Å². The minimum Gasteiger partial charge on any atom is -0.480 e. The number of guanidine groups is 1. The van der Waals surface area contributed by atoms with E-state index < -0.39 is 40.7 Å². The normalized spacial score (nSPS) is 33.3. The third kappa shape index (κ3) is 8.95. The number of fused-ring (bicyclic) bond motifs is 5. The number of aliphatic carboxylic acids is 1. The summed E-state index contributed by atoms with van der Waals surface area (Å²) in [5.74, 6) is -1.69. The van der Waals surface area contributed by atoms with Crippen LogP contribution in [0.15, 0.2) is 32.6 Å². The molecule has 4 aliphatic carbocycles. The molecule has 1 aromatic rings. The fourth-order valence-electron chi connectivity index (χ4n) is 10.9. The predicted octanol–water partition coefficient (Wildman–Crippen LogP) is 4.30. The summed E-state index contributed by atoms with van der Waals surface area (Å²) >= 11 is 0. The summed E-state index contributed by atoms with van der Waals surface area (Å²) in [4.78, 5) is 64.5. The van der Waals surface area contributed by atoms with Crippen molar-refractivity contribution in [1.82, 2.24) is 5.32 Å². The Morgan fingerprint density at radius 2 is 1.72 bits per heavy atom. The van der Waals surface area contributed by atoms with Crippen molar-refractivity contribution in [2.75, 3.05) is 6.54 Å². The standard InChI is InChI=1S/C40H60N4O10/c1-24(45)53-31-22-40(51)29-14-13-26-21-27(16-18-38(26,2)28(29)17-19-39(40,3)35(31)25-12-15-33(47)52-23-25)54-34(48)11-7-5-4-6-10-32(46)44-30(36(49)50)9-8-20-43-37(41)42/h12,15,23,26-31,35,51H,4-11,13-14,16-22H2,1-3H3,(H,44,46)(H,49,50)(H4,41,42,43)/t26-,27+,28+,29-,30+,31+,35+,38+,39-,40+/m1/s1. The van der Waals surface area contributed by atoms with Crippen LogP contribution >= 0.6 is 0 Å². The van der Waals surface area contributed by atoms with Crippen LogP contribution in [-0.4, -0.2) is 70.4 Å². The number of hydrogen-bond acceptors (Lipinski definition) is 10. The number of carboxylic acids is 1. The minimum absolute atomic E-state index is 0.0121. The van der Waals surface area contributed by atoms with Gasteiger partial charge in [-0.25, -0.2) is 9.59 Å². The van der Waals surface area contributed by atoms with E-state index in [1.165, 1.54) is 19.3 Å². The van der Waals surface area contributed by atoms with Crippen molar-refractivity contribution in [2.45, 2.75) is 153 Å². The van der Waals surface area contributed by atoms with Gasteiger partial charge in [0.2, 0.25) is 5.91 Å². The highest BCUT2D eigenvalue weighted by Gasteiger charge is 2.70.